The van der Waals surface area contributed by atoms with Crippen LogP contribution in [0.15, 0.2) is 23.8 Å². The highest BCUT2D eigenvalue weighted by molar-refractivity contribution is 6.01. The van der Waals surface area contributed by atoms with Crippen LogP contribution >= 0.6 is 0 Å². The van der Waals surface area contributed by atoms with Crippen molar-refractivity contribution in [2.24, 2.45) is 5.92 Å². The van der Waals surface area contributed by atoms with Crippen molar-refractivity contribution in [1.82, 2.24) is 5.32 Å². The highest BCUT2D eigenvalue weighted by atomic mass is 16.5. The first-order valence-corrected chi connectivity index (χ1v) is 7.14. The number of hydrogen-bond acceptors (Lipinski definition) is 4. The normalized spacial score (nSPS) is 17.6. The molecule has 2 aliphatic rings. The van der Waals surface area contributed by atoms with Crippen LogP contribution < -0.4 is 14.8 Å². The number of benzene rings is 1. The Balaban J connectivity index is 1.78. The van der Waals surface area contributed by atoms with E-state index in [-0.39, 0.29) is 12.5 Å². The van der Waals surface area contributed by atoms with Crippen LogP contribution in [0.25, 0.3) is 6.08 Å². The number of fused-ring (bicyclic) bond motifs is 1. The van der Waals surface area contributed by atoms with Gasteiger partial charge in [-0.15, -0.1) is 0 Å². The summed E-state index contributed by atoms with van der Waals surface area (Å²) in [6, 6.07) is 4.59. The predicted molar refractivity (Wildman–Crippen MR) is 78.8 cm³/mol. The quantitative estimate of drug-likeness (QED) is 0.860. The lowest BCUT2D eigenvalue weighted by Gasteiger charge is -2.21. The summed E-state index contributed by atoms with van der Waals surface area (Å²) in [6.07, 6.45) is 3.39. The summed E-state index contributed by atoms with van der Waals surface area (Å²) in [5.41, 5.74) is 1.15. The number of methoxy groups -OCH3 is 1. The number of para-hydroxylation sites is 1. The van der Waals surface area contributed by atoms with Crippen LogP contribution in [-0.4, -0.2) is 36.7 Å². The topological polar surface area (TPSA) is 84.9 Å². The van der Waals surface area contributed by atoms with Gasteiger partial charge in [-0.1, -0.05) is 12.1 Å². The molecule has 0 saturated heterocycles. The molecule has 1 aromatic carbocycles. The van der Waals surface area contributed by atoms with E-state index >= 15 is 0 Å². The van der Waals surface area contributed by atoms with Crippen molar-refractivity contribution >= 4 is 18.0 Å². The number of rotatable bonds is 5. The number of nitrogens with one attached hydrogen (secondary N) is 1. The molecule has 1 unspecified atom stereocenters. The molecule has 1 aliphatic heterocycles. The van der Waals surface area contributed by atoms with E-state index in [9.17, 15) is 14.7 Å². The van der Waals surface area contributed by atoms with Crippen LogP contribution in [0.5, 0.6) is 11.5 Å². The molecule has 1 saturated carbocycles. The van der Waals surface area contributed by atoms with Crippen molar-refractivity contribution in [2.75, 3.05) is 13.7 Å². The lowest BCUT2D eigenvalue weighted by Crippen LogP contribution is -2.43. The van der Waals surface area contributed by atoms with Gasteiger partial charge in [-0.3, -0.25) is 4.79 Å². The van der Waals surface area contributed by atoms with Gasteiger partial charge in [0.2, 0.25) is 0 Å². The smallest absolute Gasteiger partial charge is 0.326 e. The number of carboxylic acid groups (broad SMARTS) is 1. The Morgan fingerprint density at radius 3 is 2.82 bits per heavy atom. The molecule has 0 spiro atoms. The van der Waals surface area contributed by atoms with Crippen molar-refractivity contribution in [3.05, 3.63) is 29.3 Å². The van der Waals surface area contributed by atoms with E-state index in [4.69, 9.17) is 9.47 Å². The molecule has 3 rings (SSSR count). The Labute approximate surface area is 127 Å². The summed E-state index contributed by atoms with van der Waals surface area (Å²) in [5.74, 6) is -0.143. The SMILES string of the molecule is COc1cccc2c1OCC(C(=O)NC(C(=O)O)C1CC1)=C2. The molecular formula is C16H17NO5. The third kappa shape index (κ3) is 2.77. The molecular weight excluding hydrogens is 286 g/mol. The second-order valence-electron chi connectivity index (χ2n) is 5.46. The number of hydrogen-bond donors (Lipinski definition) is 2. The molecule has 1 heterocycles. The largest absolute Gasteiger partial charge is 0.493 e. The zero-order valence-electron chi connectivity index (χ0n) is 12.2. The highest BCUT2D eigenvalue weighted by Gasteiger charge is 2.37. The Morgan fingerprint density at radius 1 is 1.41 bits per heavy atom. The zero-order chi connectivity index (χ0) is 15.7. The maximum atomic E-state index is 12.3. The fourth-order valence-electron chi connectivity index (χ4n) is 2.52. The lowest BCUT2D eigenvalue weighted by atomic mass is 10.1. The third-order valence-corrected chi connectivity index (χ3v) is 3.87. The molecule has 6 heteroatoms. The van der Waals surface area contributed by atoms with Gasteiger partial charge in [-0.25, -0.2) is 4.79 Å². The van der Waals surface area contributed by atoms with Gasteiger partial charge < -0.3 is 19.9 Å². The highest BCUT2D eigenvalue weighted by Crippen LogP contribution is 2.36. The number of aliphatic carboxylic acids is 1. The summed E-state index contributed by atoms with van der Waals surface area (Å²) < 4.78 is 10.8. The minimum Gasteiger partial charge on any atom is -0.493 e. The zero-order valence-corrected chi connectivity index (χ0v) is 12.2. The second-order valence-corrected chi connectivity index (χ2v) is 5.46. The Bertz CT molecular complexity index is 648. The summed E-state index contributed by atoms with van der Waals surface area (Å²) in [7, 11) is 1.55. The summed E-state index contributed by atoms with van der Waals surface area (Å²) in [6.45, 7) is 0.0935. The van der Waals surface area contributed by atoms with E-state index in [1.807, 2.05) is 12.1 Å². The van der Waals surface area contributed by atoms with Gasteiger partial charge in [0.1, 0.15) is 12.6 Å². The molecule has 0 radical (unpaired) electrons. The van der Waals surface area contributed by atoms with Crippen LogP contribution in [0.1, 0.15) is 18.4 Å². The molecule has 1 fully saturated rings. The van der Waals surface area contributed by atoms with Crippen molar-refractivity contribution in [1.29, 1.82) is 0 Å². The van der Waals surface area contributed by atoms with E-state index in [1.165, 1.54) is 0 Å². The number of carbonyl (C=O) groups excluding carboxylic acids is 1. The molecule has 6 nitrogen and oxygen atoms in total. The number of amides is 1. The molecule has 1 atom stereocenters. The van der Waals surface area contributed by atoms with Crippen molar-refractivity contribution in [3.8, 4) is 11.5 Å². The lowest BCUT2D eigenvalue weighted by molar-refractivity contribution is -0.142. The monoisotopic (exact) mass is 303 g/mol. The number of carboxylic acids is 1. The van der Waals surface area contributed by atoms with Gasteiger partial charge in [0, 0.05) is 5.56 Å². The first-order chi connectivity index (χ1) is 10.6. The third-order valence-electron chi connectivity index (χ3n) is 3.87. The fraction of sp³-hybridized carbons (Fsp3) is 0.375. The van der Waals surface area contributed by atoms with E-state index in [0.717, 1.165) is 18.4 Å². The Kier molecular flexibility index (Phi) is 3.75. The molecule has 0 aromatic heterocycles. The van der Waals surface area contributed by atoms with Crippen LogP contribution in [0.3, 0.4) is 0 Å². The van der Waals surface area contributed by atoms with Crippen molar-refractivity contribution < 1.29 is 24.2 Å². The van der Waals surface area contributed by atoms with Gasteiger partial charge in [0.25, 0.3) is 5.91 Å². The van der Waals surface area contributed by atoms with Crippen LogP contribution in [0, 0.1) is 5.92 Å². The molecule has 1 amide bonds. The van der Waals surface area contributed by atoms with Crippen LogP contribution in [0.4, 0.5) is 0 Å². The summed E-state index contributed by atoms with van der Waals surface area (Å²) in [4.78, 5) is 23.5. The molecule has 2 N–H and O–H groups in total. The van der Waals surface area contributed by atoms with E-state index in [2.05, 4.69) is 5.32 Å². The maximum absolute atomic E-state index is 12.3. The first kappa shape index (κ1) is 14.4. The van der Waals surface area contributed by atoms with Gasteiger partial charge in [0.15, 0.2) is 11.5 Å². The molecule has 22 heavy (non-hydrogen) atoms. The second kappa shape index (κ2) is 5.71. The van der Waals surface area contributed by atoms with Crippen molar-refractivity contribution in [3.63, 3.8) is 0 Å². The summed E-state index contributed by atoms with van der Waals surface area (Å²) >= 11 is 0. The summed E-state index contributed by atoms with van der Waals surface area (Å²) in [5, 5.41) is 11.8. The number of ether oxygens (including phenoxy) is 2. The molecule has 0 bridgehead atoms. The minimum atomic E-state index is -0.991. The maximum Gasteiger partial charge on any atom is 0.326 e. The average Bonchev–Trinajstić information content (AvgIpc) is 3.35. The van der Waals surface area contributed by atoms with Gasteiger partial charge in [0.05, 0.1) is 12.7 Å². The van der Waals surface area contributed by atoms with Crippen molar-refractivity contribution in [2.45, 2.75) is 18.9 Å². The molecule has 1 aromatic rings. The molecule has 1 aliphatic carbocycles. The van der Waals surface area contributed by atoms with Gasteiger partial charge in [-0.05, 0) is 30.9 Å². The van der Waals surface area contributed by atoms with Gasteiger partial charge >= 0.3 is 5.97 Å². The van der Waals surface area contributed by atoms with Gasteiger partial charge in [-0.2, -0.15) is 0 Å². The number of carbonyl (C=O) groups is 2. The van der Waals surface area contributed by atoms with E-state index in [1.54, 1.807) is 19.3 Å². The Hall–Kier alpha value is -2.50. The Morgan fingerprint density at radius 2 is 2.18 bits per heavy atom. The predicted octanol–water partition coefficient (Wildman–Crippen LogP) is 1.45. The minimum absolute atomic E-state index is 0.0407. The first-order valence-electron chi connectivity index (χ1n) is 7.14. The van der Waals surface area contributed by atoms with Crippen LogP contribution in [0.2, 0.25) is 0 Å². The standard InChI is InChI=1S/C16H17NO5/c1-21-12-4-2-3-10-7-11(8-22-14(10)12)15(18)17-13(16(19)20)9-5-6-9/h2-4,7,9,13H,5-6,8H2,1H3,(H,17,18)(H,19,20). The average molecular weight is 303 g/mol. The van der Waals surface area contributed by atoms with E-state index < -0.39 is 17.9 Å². The van der Waals surface area contributed by atoms with E-state index in [0.29, 0.717) is 17.1 Å². The molecule has 116 valence electrons. The van der Waals surface area contributed by atoms with Crippen LogP contribution in [-0.2, 0) is 9.59 Å². The fourth-order valence-corrected chi connectivity index (χ4v) is 2.52.